The van der Waals surface area contributed by atoms with E-state index in [1.165, 1.54) is 0 Å². The summed E-state index contributed by atoms with van der Waals surface area (Å²) in [5.74, 6) is 1.61. The van der Waals surface area contributed by atoms with Crippen LogP contribution in [0.4, 0.5) is 0 Å². The highest BCUT2D eigenvalue weighted by molar-refractivity contribution is 4.93. The lowest BCUT2D eigenvalue weighted by atomic mass is 10.1. The van der Waals surface area contributed by atoms with Gasteiger partial charge >= 0.3 is 0 Å². The molecule has 0 fully saturated rings. The third-order valence-corrected chi connectivity index (χ3v) is 3.03. The Morgan fingerprint density at radius 1 is 1.29 bits per heavy atom. The molecule has 2 N–H and O–H groups in total. The summed E-state index contributed by atoms with van der Waals surface area (Å²) in [7, 11) is 0. The second kappa shape index (κ2) is 6.71. The topological polar surface area (TPSA) is 68.2 Å². The van der Waals surface area contributed by atoms with Crippen molar-refractivity contribution in [3.05, 3.63) is 11.7 Å². The van der Waals surface area contributed by atoms with Gasteiger partial charge in [-0.15, -0.1) is 0 Å². The van der Waals surface area contributed by atoms with Gasteiger partial charge in [-0.25, -0.2) is 0 Å². The SMILES string of the molecule is CCN(CC)CCc1noc([C@H](N)C(C)C)n1. The molecule has 17 heavy (non-hydrogen) atoms. The summed E-state index contributed by atoms with van der Waals surface area (Å²) in [6.07, 6.45) is 0.815. The van der Waals surface area contributed by atoms with E-state index in [0.717, 1.165) is 31.9 Å². The summed E-state index contributed by atoms with van der Waals surface area (Å²) in [5, 5.41) is 3.97. The first kappa shape index (κ1) is 14.1. The first-order valence-electron chi connectivity index (χ1n) is 6.38. The van der Waals surface area contributed by atoms with E-state index in [0.29, 0.717) is 11.8 Å². The highest BCUT2D eigenvalue weighted by Gasteiger charge is 2.17. The van der Waals surface area contributed by atoms with Crippen molar-refractivity contribution in [3.63, 3.8) is 0 Å². The molecule has 1 atom stereocenters. The average Bonchev–Trinajstić information content (AvgIpc) is 2.78. The molecular weight excluding hydrogens is 216 g/mol. The van der Waals surface area contributed by atoms with Gasteiger partial charge in [0, 0.05) is 13.0 Å². The molecule has 0 aliphatic rings. The first-order chi connectivity index (χ1) is 8.08. The van der Waals surface area contributed by atoms with Gasteiger partial charge in [0.05, 0.1) is 6.04 Å². The van der Waals surface area contributed by atoms with Gasteiger partial charge in [0.25, 0.3) is 0 Å². The molecule has 0 bridgehead atoms. The molecular formula is C12H24N4O. The Morgan fingerprint density at radius 3 is 2.47 bits per heavy atom. The maximum Gasteiger partial charge on any atom is 0.243 e. The molecule has 5 nitrogen and oxygen atoms in total. The zero-order valence-corrected chi connectivity index (χ0v) is 11.3. The van der Waals surface area contributed by atoms with Gasteiger partial charge in [0.1, 0.15) is 0 Å². The molecule has 0 aliphatic carbocycles. The summed E-state index contributed by atoms with van der Waals surface area (Å²) < 4.78 is 5.18. The average molecular weight is 240 g/mol. The summed E-state index contributed by atoms with van der Waals surface area (Å²) in [6, 6.07) is -0.162. The smallest absolute Gasteiger partial charge is 0.243 e. The molecule has 0 saturated heterocycles. The van der Waals surface area contributed by atoms with Crippen LogP contribution in [0.1, 0.15) is 45.5 Å². The fourth-order valence-corrected chi connectivity index (χ4v) is 1.59. The molecule has 0 unspecified atom stereocenters. The third-order valence-electron chi connectivity index (χ3n) is 3.03. The van der Waals surface area contributed by atoms with Crippen LogP contribution in [0.2, 0.25) is 0 Å². The van der Waals surface area contributed by atoms with E-state index in [4.69, 9.17) is 10.3 Å². The second-order valence-corrected chi connectivity index (χ2v) is 4.60. The van der Waals surface area contributed by atoms with Crippen molar-refractivity contribution in [1.82, 2.24) is 15.0 Å². The lowest BCUT2D eigenvalue weighted by molar-refractivity contribution is 0.300. The van der Waals surface area contributed by atoms with Gasteiger partial charge in [-0.3, -0.25) is 0 Å². The van der Waals surface area contributed by atoms with E-state index in [1.54, 1.807) is 0 Å². The Morgan fingerprint density at radius 2 is 1.94 bits per heavy atom. The minimum atomic E-state index is -0.162. The number of likely N-dealkylation sites (N-methyl/N-ethyl adjacent to an activating group) is 1. The van der Waals surface area contributed by atoms with Gasteiger partial charge in [0.15, 0.2) is 5.82 Å². The Labute approximate surface area is 103 Å². The molecule has 5 heteroatoms. The number of hydrogen-bond donors (Lipinski definition) is 1. The van der Waals surface area contributed by atoms with Crippen molar-refractivity contribution in [2.24, 2.45) is 11.7 Å². The summed E-state index contributed by atoms with van der Waals surface area (Å²) >= 11 is 0. The van der Waals surface area contributed by atoms with Crippen LogP contribution in [0.3, 0.4) is 0 Å². The van der Waals surface area contributed by atoms with E-state index in [-0.39, 0.29) is 6.04 Å². The van der Waals surface area contributed by atoms with Gasteiger partial charge < -0.3 is 15.2 Å². The number of hydrogen-bond acceptors (Lipinski definition) is 5. The minimum Gasteiger partial charge on any atom is -0.338 e. The van der Waals surface area contributed by atoms with Crippen LogP contribution in [0.5, 0.6) is 0 Å². The van der Waals surface area contributed by atoms with E-state index >= 15 is 0 Å². The number of nitrogens with two attached hydrogens (primary N) is 1. The summed E-state index contributed by atoms with van der Waals surface area (Å²) in [5.41, 5.74) is 5.95. The highest BCUT2D eigenvalue weighted by Crippen LogP contribution is 2.16. The number of nitrogens with zero attached hydrogens (tertiary/aromatic N) is 3. The Bertz CT molecular complexity index is 320. The highest BCUT2D eigenvalue weighted by atomic mass is 16.5. The number of aromatic nitrogens is 2. The molecule has 1 aromatic heterocycles. The van der Waals surface area contributed by atoms with E-state index in [2.05, 4.69) is 28.9 Å². The van der Waals surface area contributed by atoms with Crippen LogP contribution in [-0.2, 0) is 6.42 Å². The molecule has 1 heterocycles. The molecule has 1 rings (SSSR count). The zero-order valence-electron chi connectivity index (χ0n) is 11.3. The van der Waals surface area contributed by atoms with E-state index < -0.39 is 0 Å². The molecule has 0 aliphatic heterocycles. The molecule has 0 saturated carbocycles. The van der Waals surface area contributed by atoms with Crippen molar-refractivity contribution >= 4 is 0 Å². The van der Waals surface area contributed by atoms with Crippen LogP contribution < -0.4 is 5.73 Å². The maximum atomic E-state index is 5.95. The first-order valence-corrected chi connectivity index (χ1v) is 6.38. The van der Waals surface area contributed by atoms with Crippen molar-refractivity contribution in [2.75, 3.05) is 19.6 Å². The van der Waals surface area contributed by atoms with Crippen LogP contribution in [0, 0.1) is 5.92 Å². The van der Waals surface area contributed by atoms with Gasteiger partial charge in [0.2, 0.25) is 5.89 Å². The summed E-state index contributed by atoms with van der Waals surface area (Å²) in [6.45, 7) is 11.5. The minimum absolute atomic E-state index is 0.162. The fourth-order valence-electron chi connectivity index (χ4n) is 1.59. The van der Waals surface area contributed by atoms with Crippen molar-refractivity contribution in [2.45, 2.75) is 40.2 Å². The maximum absolute atomic E-state index is 5.95. The fraction of sp³-hybridized carbons (Fsp3) is 0.833. The normalized spacial score (nSPS) is 13.6. The van der Waals surface area contributed by atoms with E-state index in [1.807, 2.05) is 13.8 Å². The van der Waals surface area contributed by atoms with Crippen molar-refractivity contribution in [1.29, 1.82) is 0 Å². The monoisotopic (exact) mass is 240 g/mol. The van der Waals surface area contributed by atoms with Crippen LogP contribution in [0.15, 0.2) is 4.52 Å². The second-order valence-electron chi connectivity index (χ2n) is 4.60. The van der Waals surface area contributed by atoms with Crippen molar-refractivity contribution in [3.8, 4) is 0 Å². The molecule has 0 amide bonds. The molecule has 0 aromatic carbocycles. The predicted molar refractivity (Wildman–Crippen MR) is 67.6 cm³/mol. The van der Waals surface area contributed by atoms with Gasteiger partial charge in [-0.05, 0) is 19.0 Å². The Balaban J connectivity index is 2.51. The molecule has 1 aromatic rings. The zero-order chi connectivity index (χ0) is 12.8. The lowest BCUT2D eigenvalue weighted by Gasteiger charge is -2.16. The largest absolute Gasteiger partial charge is 0.338 e. The summed E-state index contributed by atoms with van der Waals surface area (Å²) in [4.78, 5) is 6.67. The molecule has 0 radical (unpaired) electrons. The van der Waals surface area contributed by atoms with Crippen LogP contribution in [-0.4, -0.2) is 34.7 Å². The standard InChI is InChI=1S/C12H24N4O/c1-5-16(6-2)8-7-10-14-12(17-15-10)11(13)9(3)4/h9,11H,5-8,13H2,1-4H3/t11-/m1/s1. The quantitative estimate of drug-likeness (QED) is 0.784. The Hall–Kier alpha value is -0.940. The number of rotatable bonds is 7. The van der Waals surface area contributed by atoms with E-state index in [9.17, 15) is 0 Å². The van der Waals surface area contributed by atoms with Gasteiger partial charge in [-0.2, -0.15) is 4.98 Å². The van der Waals surface area contributed by atoms with Crippen LogP contribution in [0.25, 0.3) is 0 Å². The molecule has 98 valence electrons. The van der Waals surface area contributed by atoms with Crippen LogP contribution >= 0.6 is 0 Å². The van der Waals surface area contributed by atoms with Crippen molar-refractivity contribution < 1.29 is 4.52 Å². The molecule has 0 spiro atoms. The van der Waals surface area contributed by atoms with Gasteiger partial charge in [-0.1, -0.05) is 32.9 Å². The third kappa shape index (κ3) is 4.09. The lowest BCUT2D eigenvalue weighted by Crippen LogP contribution is -2.25. The Kier molecular flexibility index (Phi) is 5.58. The predicted octanol–water partition coefficient (Wildman–Crippen LogP) is 1.61.